The Morgan fingerprint density at radius 3 is 1.23 bits per heavy atom. The first kappa shape index (κ1) is 63.0. The zero-order chi connectivity index (χ0) is 54.7. The molecule has 19 heteroatoms. The van der Waals surface area contributed by atoms with E-state index in [4.69, 9.17) is 17.9 Å². The van der Waals surface area contributed by atoms with Gasteiger partial charge in [0.1, 0.15) is 24.3 Å². The van der Waals surface area contributed by atoms with E-state index in [1.54, 1.807) is 0 Å². The van der Waals surface area contributed by atoms with Crippen LogP contribution in [0.3, 0.4) is 0 Å². The molecule has 0 heterocycles. The lowest BCUT2D eigenvalue weighted by molar-refractivity contribution is -0.140. The van der Waals surface area contributed by atoms with Crippen molar-refractivity contribution in [3.05, 3.63) is 90.3 Å². The first-order valence-electron chi connectivity index (χ1n) is 24.5. The lowest BCUT2D eigenvalue weighted by Gasteiger charge is -2.39. The minimum Gasteiger partial charge on any atom is -0.470 e. The van der Waals surface area contributed by atoms with E-state index in [9.17, 15) is 35.4 Å². The minimum atomic E-state index is -0.957. The molecule has 0 atom stereocenters. The molecular formula is C54H71N9O4S6. The van der Waals surface area contributed by atoms with Crippen LogP contribution in [0.4, 0.5) is 0 Å². The maximum absolute atomic E-state index is 14.4. The van der Waals surface area contributed by atoms with Crippen LogP contribution < -0.4 is 0 Å². The number of nitrogens with zero attached hydrogens (tertiary/aromatic N) is 9. The molecule has 0 unspecified atom stereocenters. The highest BCUT2D eigenvalue weighted by atomic mass is 32.1. The maximum Gasteiger partial charge on any atom is 0.335 e. The van der Waals surface area contributed by atoms with Crippen LogP contribution in [0.1, 0.15) is 106 Å². The van der Waals surface area contributed by atoms with Gasteiger partial charge in [0.05, 0.1) is 42.0 Å². The smallest absolute Gasteiger partial charge is 0.335 e. The quantitative estimate of drug-likeness (QED) is 0.0160. The fourth-order valence-electron chi connectivity index (χ4n) is 10.0. The van der Waals surface area contributed by atoms with Crippen molar-refractivity contribution in [2.45, 2.75) is 106 Å². The van der Waals surface area contributed by atoms with Crippen molar-refractivity contribution in [2.24, 2.45) is 22.2 Å². The van der Waals surface area contributed by atoms with Crippen LogP contribution in [0.5, 0.6) is 0 Å². The molecule has 13 nitrogen and oxygen atoms in total. The summed E-state index contributed by atoms with van der Waals surface area (Å²) >= 11 is 26.6. The van der Waals surface area contributed by atoms with Gasteiger partial charge >= 0.3 is 5.97 Å². The molecule has 3 aliphatic carbocycles. The van der Waals surface area contributed by atoms with Crippen LogP contribution in [-0.2, 0) is 19.1 Å². The van der Waals surface area contributed by atoms with Gasteiger partial charge in [-0.1, -0.05) is 41.5 Å². The van der Waals surface area contributed by atoms with Crippen molar-refractivity contribution < 1.29 is 19.1 Å². The summed E-state index contributed by atoms with van der Waals surface area (Å²) < 4.78 is 5.94. The van der Waals surface area contributed by atoms with Gasteiger partial charge in [0.2, 0.25) is 0 Å². The third-order valence-electron chi connectivity index (χ3n) is 13.3. The number of carbonyl (C=O) groups excluding carboxylic acids is 3. The number of rotatable bonds is 26. The van der Waals surface area contributed by atoms with Crippen LogP contribution in [0.15, 0.2) is 67.5 Å². The van der Waals surface area contributed by atoms with E-state index in [1.165, 1.54) is 0 Å². The van der Waals surface area contributed by atoms with Crippen LogP contribution >= 0.6 is 75.8 Å². The molecule has 0 radical (unpaired) electrons. The molecule has 0 aromatic heterocycles. The Kier molecular flexibility index (Phi) is 25.6. The number of carbonyl (C=O) groups is 3. The topological polar surface area (TPSA) is 174 Å². The molecular weight excluding hydrogens is 1030 g/mol. The van der Waals surface area contributed by atoms with E-state index in [0.29, 0.717) is 123 Å². The Labute approximate surface area is 468 Å². The number of hydrogen-bond acceptors (Lipinski definition) is 17. The molecule has 0 spiro atoms. The monoisotopic (exact) mass is 1100 g/mol. The second-order valence-corrected chi connectivity index (χ2v) is 23.6. The molecule has 0 saturated heterocycles. The fourth-order valence-corrected chi connectivity index (χ4v) is 11.5. The van der Waals surface area contributed by atoms with E-state index in [2.05, 4.69) is 110 Å². The van der Waals surface area contributed by atoms with E-state index in [0.717, 1.165) is 11.4 Å². The molecule has 0 bridgehead atoms. The Hall–Kier alpha value is -4.31. The predicted octanol–water partition coefficient (Wildman–Crippen LogP) is 10.3. The summed E-state index contributed by atoms with van der Waals surface area (Å²) in [5, 5.41) is 42.4. The molecule has 73 heavy (non-hydrogen) atoms. The van der Waals surface area contributed by atoms with E-state index in [-0.39, 0.29) is 78.0 Å². The van der Waals surface area contributed by atoms with Crippen LogP contribution in [-0.4, -0.2) is 113 Å². The molecule has 0 aromatic rings. The van der Waals surface area contributed by atoms with Crippen LogP contribution in [0.25, 0.3) is 9.69 Å². The molecule has 0 amide bonds. The number of Topliss-reactive ketones (excluding diaryl/α,β-unsaturated/α-hetero) is 2. The standard InChI is InChI=1S/C54H71N9O4S6/c1-52(2)25-37(40(31-55)44(28-52)61(13-19-68)14-20-69)42(33-57)47(64)11-9-36(10-12-48(65)43(34-58)38-26-53(3,4)29-45(41(38)32-56)62(15-21-70)16-22-71)35-67-51(66)50(60-8)39-27-54(5,6)30-46(49(39)59-7)63(17-23-72)18-24-73/h36,68-73H,9-30,35H2,1-6H3/b42-37+,43-38+,50-39-. The van der Waals surface area contributed by atoms with Crippen molar-refractivity contribution in [1.82, 2.24) is 14.7 Å². The van der Waals surface area contributed by atoms with Gasteiger partial charge in [0.25, 0.3) is 5.70 Å². The number of ether oxygens (including phenoxy) is 1. The third kappa shape index (κ3) is 17.1. The second kappa shape index (κ2) is 29.7. The zero-order valence-corrected chi connectivity index (χ0v) is 48.5. The lowest BCUT2D eigenvalue weighted by Crippen LogP contribution is -2.34. The first-order valence-corrected chi connectivity index (χ1v) is 28.3. The van der Waals surface area contributed by atoms with Crippen molar-refractivity contribution in [3.8, 4) is 24.3 Å². The van der Waals surface area contributed by atoms with Gasteiger partial charge in [-0.15, -0.1) is 0 Å². The highest BCUT2D eigenvalue weighted by Crippen LogP contribution is 2.47. The molecule has 392 valence electrons. The number of hydrogen-bond donors (Lipinski definition) is 6. The molecule has 0 saturated carbocycles. The predicted molar refractivity (Wildman–Crippen MR) is 308 cm³/mol. The summed E-state index contributed by atoms with van der Waals surface area (Å²) in [7, 11) is 0. The Morgan fingerprint density at radius 1 is 0.575 bits per heavy atom. The van der Waals surface area contributed by atoms with Crippen molar-refractivity contribution in [1.29, 1.82) is 21.0 Å². The summed E-state index contributed by atoms with van der Waals surface area (Å²) in [6.07, 6.45) is 2.13. The summed E-state index contributed by atoms with van der Waals surface area (Å²) in [6, 6.07) is 8.84. The van der Waals surface area contributed by atoms with Gasteiger partial charge in [-0.05, 0) is 90.2 Å². The number of thiol groups is 6. The number of esters is 1. The Morgan fingerprint density at radius 2 is 0.918 bits per heavy atom. The molecule has 0 aromatic carbocycles. The molecule has 3 aliphatic rings. The van der Waals surface area contributed by atoms with Gasteiger partial charge in [-0.3, -0.25) is 14.4 Å². The summed E-state index contributed by atoms with van der Waals surface area (Å²) in [4.78, 5) is 56.6. The van der Waals surface area contributed by atoms with E-state index in [1.807, 2.05) is 56.2 Å². The van der Waals surface area contributed by atoms with Gasteiger partial charge in [-0.25, -0.2) is 9.69 Å². The van der Waals surface area contributed by atoms with E-state index < -0.39 is 39.7 Å². The normalized spacial score (nSPS) is 19.1. The van der Waals surface area contributed by atoms with Crippen molar-refractivity contribution >= 4 is 93.3 Å². The number of nitriles is 4. The third-order valence-corrected chi connectivity index (χ3v) is 14.5. The average Bonchev–Trinajstić information content (AvgIpc) is 3.33. The lowest BCUT2D eigenvalue weighted by atomic mass is 9.72. The minimum absolute atomic E-state index is 0.0310. The van der Waals surface area contributed by atoms with Gasteiger partial charge in [0, 0.05) is 104 Å². The fraction of sp³-hybridized carbons (Fsp3) is 0.611. The zero-order valence-electron chi connectivity index (χ0n) is 43.2. The van der Waals surface area contributed by atoms with Gasteiger partial charge in [-0.2, -0.15) is 96.8 Å². The van der Waals surface area contributed by atoms with Crippen molar-refractivity contribution in [2.75, 3.05) is 80.4 Å². The van der Waals surface area contributed by atoms with E-state index >= 15 is 0 Å². The molecule has 0 fully saturated rings. The summed E-state index contributed by atoms with van der Waals surface area (Å²) in [6.45, 7) is 31.4. The largest absolute Gasteiger partial charge is 0.470 e. The molecule has 3 rings (SSSR count). The van der Waals surface area contributed by atoms with Crippen LogP contribution in [0, 0.1) is 80.6 Å². The Bertz CT molecular complexity index is 2260. The van der Waals surface area contributed by atoms with Gasteiger partial charge in [0.15, 0.2) is 17.3 Å². The number of allylic oxidation sites excluding steroid dienone is 10. The molecule has 0 aliphatic heterocycles. The Balaban J connectivity index is 2.18. The summed E-state index contributed by atoms with van der Waals surface area (Å²) in [5.74, 6) is 0.364. The summed E-state index contributed by atoms with van der Waals surface area (Å²) in [5.41, 5.74) is 2.08. The maximum atomic E-state index is 14.4. The number of ketones is 2. The highest BCUT2D eigenvalue weighted by Gasteiger charge is 2.39. The second-order valence-electron chi connectivity index (χ2n) is 20.9. The first-order chi connectivity index (χ1) is 34.6. The molecule has 0 N–H and O–H groups in total. The van der Waals surface area contributed by atoms with Crippen LogP contribution in [0.2, 0.25) is 0 Å². The SMILES string of the molecule is [C-]#[N+]C1=C(N(CCS)CCS)CC(C)(C)C/C1=C(/[N+]#[C-])C(=O)OCC(CCC(=O)/C(C#N)=C1\CC(C)(C)CC(N(CCS)CCS)=C1C#N)CCC(=O)/C(C#N)=C1\CC(C)(C)CC(N(CCS)CCS)=C1C#N. The highest BCUT2D eigenvalue weighted by molar-refractivity contribution is 7.81. The van der Waals surface area contributed by atoms with Crippen molar-refractivity contribution in [3.63, 3.8) is 0 Å². The van der Waals surface area contributed by atoms with Gasteiger partial charge < -0.3 is 19.4 Å². The average molecular weight is 1100 g/mol.